The van der Waals surface area contributed by atoms with E-state index in [1.807, 2.05) is 0 Å². The highest BCUT2D eigenvalue weighted by atomic mass is 16.2. The van der Waals surface area contributed by atoms with Crippen molar-refractivity contribution in [1.82, 2.24) is 4.90 Å². The van der Waals surface area contributed by atoms with Crippen molar-refractivity contribution < 1.29 is 9.59 Å². The second-order valence-corrected chi connectivity index (χ2v) is 6.04. The quantitative estimate of drug-likeness (QED) is 0.527. The molecule has 3 aliphatic rings. The molecule has 1 saturated carbocycles. The van der Waals surface area contributed by atoms with Gasteiger partial charge in [0, 0.05) is 6.04 Å². The van der Waals surface area contributed by atoms with E-state index in [0.717, 1.165) is 38.5 Å². The molecule has 1 heterocycles. The van der Waals surface area contributed by atoms with Crippen LogP contribution in [0, 0.1) is 11.8 Å². The predicted octanol–water partition coefficient (Wildman–Crippen LogP) is 2.66. The third-order valence-electron chi connectivity index (χ3n) is 4.80. The van der Waals surface area contributed by atoms with Gasteiger partial charge in [-0.1, -0.05) is 30.9 Å². The van der Waals surface area contributed by atoms with Crippen molar-refractivity contribution in [2.45, 2.75) is 57.9 Å². The Morgan fingerprint density at radius 2 is 1.72 bits per heavy atom. The Morgan fingerprint density at radius 1 is 1.06 bits per heavy atom. The Labute approximate surface area is 108 Å². The van der Waals surface area contributed by atoms with E-state index in [1.54, 1.807) is 4.90 Å². The van der Waals surface area contributed by atoms with Crippen LogP contribution in [-0.4, -0.2) is 22.8 Å². The van der Waals surface area contributed by atoms with Gasteiger partial charge in [0.15, 0.2) is 0 Å². The number of amides is 2. The summed E-state index contributed by atoms with van der Waals surface area (Å²) in [7, 11) is 0. The van der Waals surface area contributed by atoms with E-state index in [-0.39, 0.29) is 29.7 Å². The van der Waals surface area contributed by atoms with E-state index in [1.165, 1.54) is 12.0 Å². The number of allylic oxidation sites excluding steroid dienone is 2. The molecule has 2 aliphatic carbocycles. The molecule has 2 amide bonds. The minimum absolute atomic E-state index is 0.0515. The lowest BCUT2D eigenvalue weighted by Crippen LogP contribution is -2.41. The summed E-state index contributed by atoms with van der Waals surface area (Å²) in [6.45, 7) is 2.07. The topological polar surface area (TPSA) is 37.4 Å². The van der Waals surface area contributed by atoms with Crippen LogP contribution in [0.25, 0.3) is 0 Å². The van der Waals surface area contributed by atoms with Crippen molar-refractivity contribution in [2.24, 2.45) is 11.8 Å². The van der Waals surface area contributed by atoms with Crippen LogP contribution in [-0.2, 0) is 9.59 Å². The molecule has 0 aromatic carbocycles. The lowest BCUT2D eigenvalue weighted by Gasteiger charge is -2.29. The van der Waals surface area contributed by atoms with Crippen LogP contribution in [0.4, 0.5) is 0 Å². The van der Waals surface area contributed by atoms with Gasteiger partial charge in [0.2, 0.25) is 11.8 Å². The van der Waals surface area contributed by atoms with Gasteiger partial charge in [-0.25, -0.2) is 0 Å². The molecule has 0 unspecified atom stereocenters. The minimum atomic E-state index is -0.0527. The van der Waals surface area contributed by atoms with Gasteiger partial charge in [-0.05, 0) is 32.6 Å². The number of fused-ring (bicyclic) bond motifs is 1. The molecule has 3 heteroatoms. The molecule has 3 nitrogen and oxygen atoms in total. The standard InChI is InChI=1S/C15H21NO2/c1-10-7-8-12-13(9-10)15(18)16(14(12)17)11-5-3-2-4-6-11/h7,11-13H,2-6,8-9H2,1H3/t12-,13+/m1/s1. The summed E-state index contributed by atoms with van der Waals surface area (Å²) in [5.41, 5.74) is 1.27. The molecule has 3 rings (SSSR count). The highest BCUT2D eigenvalue weighted by Crippen LogP contribution is 2.40. The van der Waals surface area contributed by atoms with Crippen LogP contribution in [0.15, 0.2) is 11.6 Å². The molecule has 1 saturated heterocycles. The zero-order chi connectivity index (χ0) is 12.7. The Bertz CT molecular complexity index is 407. The van der Waals surface area contributed by atoms with Crippen LogP contribution in [0.3, 0.4) is 0 Å². The van der Waals surface area contributed by atoms with Gasteiger partial charge in [-0.2, -0.15) is 0 Å². The van der Waals surface area contributed by atoms with Crippen molar-refractivity contribution >= 4 is 11.8 Å². The molecule has 0 aromatic rings. The molecule has 0 radical (unpaired) electrons. The molecule has 0 aromatic heterocycles. The largest absolute Gasteiger partial charge is 0.279 e. The number of imide groups is 1. The molecule has 0 spiro atoms. The fraction of sp³-hybridized carbons (Fsp3) is 0.733. The number of carbonyl (C=O) groups excluding carboxylic acids is 2. The van der Waals surface area contributed by atoms with Gasteiger partial charge in [0.1, 0.15) is 0 Å². The lowest BCUT2D eigenvalue weighted by atomic mass is 9.82. The molecule has 98 valence electrons. The number of nitrogens with zero attached hydrogens (tertiary/aromatic N) is 1. The number of likely N-dealkylation sites (tertiary alicyclic amines) is 1. The predicted molar refractivity (Wildman–Crippen MR) is 68.7 cm³/mol. The van der Waals surface area contributed by atoms with E-state index in [0.29, 0.717) is 0 Å². The highest BCUT2D eigenvalue weighted by molar-refractivity contribution is 6.05. The number of hydrogen-bond donors (Lipinski definition) is 0. The Morgan fingerprint density at radius 3 is 2.44 bits per heavy atom. The molecule has 2 fully saturated rings. The van der Waals surface area contributed by atoms with E-state index in [4.69, 9.17) is 0 Å². The summed E-state index contributed by atoms with van der Waals surface area (Å²) in [4.78, 5) is 26.5. The van der Waals surface area contributed by atoms with Gasteiger partial charge in [0.05, 0.1) is 11.8 Å². The molecular weight excluding hydrogens is 226 g/mol. The van der Waals surface area contributed by atoms with Crippen molar-refractivity contribution in [3.63, 3.8) is 0 Å². The molecule has 1 aliphatic heterocycles. The Hall–Kier alpha value is -1.12. The van der Waals surface area contributed by atoms with Gasteiger partial charge < -0.3 is 0 Å². The molecule has 0 bridgehead atoms. The van der Waals surface area contributed by atoms with Crippen molar-refractivity contribution in [1.29, 1.82) is 0 Å². The zero-order valence-electron chi connectivity index (χ0n) is 11.0. The summed E-state index contributed by atoms with van der Waals surface area (Å²) in [6.07, 6.45) is 9.30. The van der Waals surface area contributed by atoms with Crippen molar-refractivity contribution in [2.75, 3.05) is 0 Å². The van der Waals surface area contributed by atoms with Crippen LogP contribution in [0.5, 0.6) is 0 Å². The SMILES string of the molecule is CC1=CC[C@H]2C(=O)N(C3CCCCC3)C(=O)[C@H]2C1. The summed E-state index contributed by atoms with van der Waals surface area (Å²) in [5.74, 6) is 0.123. The summed E-state index contributed by atoms with van der Waals surface area (Å²) >= 11 is 0. The highest BCUT2D eigenvalue weighted by Gasteiger charge is 2.50. The second kappa shape index (κ2) is 4.52. The van der Waals surface area contributed by atoms with Gasteiger partial charge >= 0.3 is 0 Å². The van der Waals surface area contributed by atoms with E-state index in [2.05, 4.69) is 13.0 Å². The maximum atomic E-state index is 12.5. The van der Waals surface area contributed by atoms with Crippen LogP contribution in [0.2, 0.25) is 0 Å². The van der Waals surface area contributed by atoms with Crippen LogP contribution in [0.1, 0.15) is 51.9 Å². The molecule has 18 heavy (non-hydrogen) atoms. The third-order valence-corrected chi connectivity index (χ3v) is 4.80. The van der Waals surface area contributed by atoms with E-state index < -0.39 is 0 Å². The fourth-order valence-corrected chi connectivity index (χ4v) is 3.76. The van der Waals surface area contributed by atoms with Crippen LogP contribution >= 0.6 is 0 Å². The minimum Gasteiger partial charge on any atom is -0.279 e. The molecular formula is C15H21NO2. The normalized spacial score (nSPS) is 33.6. The number of rotatable bonds is 1. The Balaban J connectivity index is 1.81. The lowest BCUT2D eigenvalue weighted by molar-refractivity contribution is -0.143. The fourth-order valence-electron chi connectivity index (χ4n) is 3.76. The van der Waals surface area contributed by atoms with Gasteiger partial charge in [0.25, 0.3) is 0 Å². The monoisotopic (exact) mass is 247 g/mol. The van der Waals surface area contributed by atoms with E-state index in [9.17, 15) is 9.59 Å². The van der Waals surface area contributed by atoms with E-state index >= 15 is 0 Å². The summed E-state index contributed by atoms with van der Waals surface area (Å²) in [6, 6.07) is 0.199. The third kappa shape index (κ3) is 1.80. The first kappa shape index (κ1) is 11.9. The average molecular weight is 247 g/mol. The van der Waals surface area contributed by atoms with Crippen LogP contribution < -0.4 is 0 Å². The first-order valence-corrected chi connectivity index (χ1v) is 7.21. The summed E-state index contributed by atoms with van der Waals surface area (Å²) < 4.78 is 0. The smallest absolute Gasteiger partial charge is 0.233 e. The maximum Gasteiger partial charge on any atom is 0.233 e. The van der Waals surface area contributed by atoms with Gasteiger partial charge in [-0.3, -0.25) is 14.5 Å². The number of carbonyl (C=O) groups is 2. The first-order chi connectivity index (χ1) is 8.68. The summed E-state index contributed by atoms with van der Waals surface area (Å²) in [5, 5.41) is 0. The first-order valence-electron chi connectivity index (χ1n) is 7.21. The maximum absolute atomic E-state index is 12.5. The molecule has 0 N–H and O–H groups in total. The second-order valence-electron chi connectivity index (χ2n) is 6.04. The van der Waals surface area contributed by atoms with Gasteiger partial charge in [-0.15, -0.1) is 0 Å². The number of hydrogen-bond acceptors (Lipinski definition) is 2. The molecule has 2 atom stereocenters. The zero-order valence-corrected chi connectivity index (χ0v) is 11.0. The van der Waals surface area contributed by atoms with Crippen molar-refractivity contribution in [3.8, 4) is 0 Å². The van der Waals surface area contributed by atoms with Crippen molar-refractivity contribution in [3.05, 3.63) is 11.6 Å². The Kier molecular flexibility index (Phi) is 3.00. The average Bonchev–Trinajstić information content (AvgIpc) is 2.63.